The lowest BCUT2D eigenvalue weighted by atomic mass is 9.97. The third kappa shape index (κ3) is 20.0. The van der Waals surface area contributed by atoms with Gasteiger partial charge in [0.15, 0.2) is 31.0 Å². The Bertz CT molecular complexity index is 5800. The van der Waals surface area contributed by atoms with Gasteiger partial charge in [0.2, 0.25) is 28.5 Å². The molecule has 0 aliphatic heterocycles. The Labute approximate surface area is 657 Å². The molecule has 15 aromatic rings. The Hall–Kier alpha value is -12.1. The standard InChI is InChI=1S/C22H24N.2C21H22N.2C20H20N/c1-16(2)18-9-11-19(12-10-18)20-13-14-23(4)22(15-20)21-8-6-5-7-17(21)3;2*1-4-17-9-11-18(12-10-17)19-13-14-22(3)21(15-19)20-8-6-5-7-16(20)2;2*1-15-7-6-9-17(13-15)18-11-12-21(3)20(14-18)19-10-5-4-8-16(19)2/h5-16H,1-4H3;2*5-15H,4H2,1-3H3;2*4-14H,1-3H3/q5*+1/i;4D2;;1D3;. The highest BCUT2D eigenvalue weighted by Gasteiger charge is 2.20. The van der Waals surface area contributed by atoms with Crippen molar-refractivity contribution in [2.75, 3.05) is 0 Å². The molecule has 0 aliphatic rings. The van der Waals surface area contributed by atoms with Gasteiger partial charge in [-0.1, -0.05) is 251 Å². The first-order chi connectivity index (χ1) is 54.6. The normalized spacial score (nSPS) is 11.7. The van der Waals surface area contributed by atoms with Crippen LogP contribution >= 0.6 is 0 Å². The Morgan fingerprint density at radius 2 is 0.523 bits per heavy atom. The van der Waals surface area contributed by atoms with Crippen LogP contribution in [0.15, 0.2) is 334 Å². The van der Waals surface area contributed by atoms with Crippen LogP contribution in [0.2, 0.25) is 0 Å². The first-order valence-electron chi connectivity index (χ1n) is 40.4. The largest absolute Gasteiger partial charge is 0.213 e. The van der Waals surface area contributed by atoms with E-state index in [1.807, 2.05) is 61.8 Å². The van der Waals surface area contributed by atoms with Crippen LogP contribution in [-0.4, -0.2) is 0 Å². The number of aryl methyl sites for hydroxylation is 14. The zero-order valence-corrected chi connectivity index (χ0v) is 66.3. The predicted octanol–water partition coefficient (Wildman–Crippen LogP) is 23.6. The molecule has 0 fully saturated rings. The highest BCUT2D eigenvalue weighted by atomic mass is 14.9. The monoisotopic (exact) mass is 1430 g/mol. The summed E-state index contributed by atoms with van der Waals surface area (Å²) in [6.07, 6.45) is 10.3. The van der Waals surface area contributed by atoms with Gasteiger partial charge in [-0.25, -0.2) is 22.8 Å². The quantitative estimate of drug-likeness (QED) is 0.103. The van der Waals surface area contributed by atoms with Gasteiger partial charge >= 0.3 is 0 Å². The number of rotatable bonds is 13. The van der Waals surface area contributed by atoms with E-state index in [1.165, 1.54) is 128 Å². The van der Waals surface area contributed by atoms with E-state index in [0.29, 0.717) is 17.0 Å². The number of benzene rings is 10. The molecular weight excluding hydrogens is 1320 g/mol. The molecule has 544 valence electrons. The molecule has 109 heavy (non-hydrogen) atoms. The lowest BCUT2D eigenvalue weighted by Crippen LogP contribution is -2.30. The Balaban J connectivity index is 0.000000141. The van der Waals surface area contributed by atoms with E-state index in [-0.39, 0.29) is 0 Å². The topological polar surface area (TPSA) is 19.4 Å². The highest BCUT2D eigenvalue weighted by Crippen LogP contribution is 2.33. The Morgan fingerprint density at radius 3 is 0.789 bits per heavy atom. The molecule has 0 bridgehead atoms. The lowest BCUT2D eigenvalue weighted by molar-refractivity contribution is -0.660. The van der Waals surface area contributed by atoms with E-state index >= 15 is 0 Å². The van der Waals surface area contributed by atoms with E-state index in [4.69, 9.17) is 6.85 Å². The maximum absolute atomic E-state index is 7.81. The highest BCUT2D eigenvalue weighted by molar-refractivity contribution is 5.75. The fourth-order valence-corrected chi connectivity index (χ4v) is 13.7. The zero-order valence-electron chi connectivity index (χ0n) is 71.3. The molecule has 0 saturated heterocycles. The van der Waals surface area contributed by atoms with Crippen LogP contribution in [0.1, 0.15) is 96.1 Å². The molecule has 0 radical (unpaired) electrons. The molecule has 0 N–H and O–H groups in total. The van der Waals surface area contributed by atoms with Crippen LogP contribution in [-0.2, 0) is 48.0 Å². The zero-order chi connectivity index (χ0) is 81.4. The third-order valence-electron chi connectivity index (χ3n) is 20.5. The summed E-state index contributed by atoms with van der Waals surface area (Å²) >= 11 is 0. The first kappa shape index (κ1) is 71.2. The minimum absolute atomic E-state index is 0.366. The fraction of sp³-hybridized carbons (Fsp3) is 0.183. The van der Waals surface area contributed by atoms with Gasteiger partial charge in [0, 0.05) is 95.3 Å². The number of hydrogen-bond donors (Lipinski definition) is 0. The van der Waals surface area contributed by atoms with Crippen molar-refractivity contribution in [1.29, 1.82) is 0 Å². The number of aromatic nitrogens is 5. The van der Waals surface area contributed by atoms with Crippen molar-refractivity contribution in [2.45, 2.75) is 94.8 Å². The van der Waals surface area contributed by atoms with Gasteiger partial charge < -0.3 is 0 Å². The molecule has 0 saturated carbocycles. The van der Waals surface area contributed by atoms with E-state index in [9.17, 15) is 0 Å². The molecule has 0 unspecified atom stereocenters. The second-order valence-electron chi connectivity index (χ2n) is 28.7. The van der Waals surface area contributed by atoms with Gasteiger partial charge in [0.1, 0.15) is 35.2 Å². The van der Waals surface area contributed by atoms with Gasteiger partial charge in [-0.2, -0.15) is 0 Å². The van der Waals surface area contributed by atoms with Gasteiger partial charge in [-0.05, 0) is 198 Å². The summed E-state index contributed by atoms with van der Waals surface area (Å²) in [4.78, 5) is 0. The van der Waals surface area contributed by atoms with Crippen LogP contribution < -0.4 is 22.8 Å². The minimum Gasteiger partial charge on any atom is -0.201 e. The second-order valence-corrected chi connectivity index (χ2v) is 28.7. The summed E-state index contributed by atoms with van der Waals surface area (Å²) in [5.74, 6) is 0.570. The SMILES string of the molecule is CCc1ccc(-c2cc[n+](C)c(-c3ccccc3C)c2)cc1.Cc1cccc(-c2cc[n+](C)c(-c3ccccc3C)c2)c1.Cc1ccccc1-c1cc(-c2ccc(C(C)C)cc2)cc[n+]1C.[2H]C([2H])(C)c1ccc(-c2cc[n+](C)c(-c3ccccc3C)c2)cc1.[2H]C([2H])([2H])c1cccc(-c2cc[n+](C)c(-c3ccccc3C)c2)c1. The van der Waals surface area contributed by atoms with Crippen molar-refractivity contribution >= 4 is 0 Å². The average Bonchev–Trinajstić information content (AvgIpc) is 0.833. The third-order valence-corrected chi connectivity index (χ3v) is 20.5. The first-order valence-corrected chi connectivity index (χ1v) is 37.9. The maximum atomic E-state index is 7.81. The summed E-state index contributed by atoms with van der Waals surface area (Å²) in [6, 6.07) is 105. The number of hydrogen-bond acceptors (Lipinski definition) is 0. The van der Waals surface area contributed by atoms with Crippen LogP contribution in [0.25, 0.3) is 112 Å². The number of pyridine rings is 5. The maximum Gasteiger partial charge on any atom is 0.213 e. The second kappa shape index (κ2) is 37.0. The molecule has 5 nitrogen and oxygen atoms in total. The van der Waals surface area contributed by atoms with E-state index in [2.05, 4.69) is 375 Å². The Kier molecular flexibility index (Phi) is 24.2. The van der Waals surface area contributed by atoms with Crippen LogP contribution in [0.4, 0.5) is 0 Å². The molecule has 5 heteroatoms. The average molecular weight is 1430 g/mol. The molecule has 0 aliphatic carbocycles. The van der Waals surface area contributed by atoms with Crippen molar-refractivity contribution in [1.82, 2.24) is 0 Å². The van der Waals surface area contributed by atoms with Gasteiger partial charge in [-0.3, -0.25) is 0 Å². The van der Waals surface area contributed by atoms with Crippen LogP contribution in [0.3, 0.4) is 0 Å². The van der Waals surface area contributed by atoms with Crippen molar-refractivity contribution < 1.29 is 29.7 Å². The van der Waals surface area contributed by atoms with E-state index in [1.54, 1.807) is 25.1 Å². The predicted molar refractivity (Wildman–Crippen MR) is 458 cm³/mol. The lowest BCUT2D eigenvalue weighted by Gasteiger charge is -2.09. The molecule has 0 atom stereocenters. The summed E-state index contributed by atoms with van der Waals surface area (Å²) in [7, 11) is 10.4. The van der Waals surface area contributed by atoms with Crippen molar-refractivity contribution in [2.24, 2.45) is 35.2 Å². The number of nitrogens with zero attached hydrogens (tertiary/aromatic N) is 5. The molecular formula is C104H108N5+5. The van der Waals surface area contributed by atoms with Gasteiger partial charge in [0.25, 0.3) is 0 Å². The molecule has 15 rings (SSSR count). The molecule has 5 heterocycles. The molecule has 0 amide bonds. The van der Waals surface area contributed by atoms with E-state index in [0.717, 1.165) is 34.4 Å². The molecule has 5 aromatic heterocycles. The van der Waals surface area contributed by atoms with Gasteiger partial charge in [0.05, 0.1) is 0 Å². The van der Waals surface area contributed by atoms with Crippen molar-refractivity contribution in [3.63, 3.8) is 0 Å². The van der Waals surface area contributed by atoms with Crippen LogP contribution in [0.5, 0.6) is 0 Å². The summed E-state index contributed by atoms with van der Waals surface area (Å²) in [6.45, 7) is 19.0. The molecule has 10 aromatic carbocycles. The smallest absolute Gasteiger partial charge is 0.201 e. The Morgan fingerprint density at radius 1 is 0.266 bits per heavy atom. The molecule has 0 spiro atoms. The van der Waals surface area contributed by atoms with Gasteiger partial charge in [-0.15, -0.1) is 0 Å². The van der Waals surface area contributed by atoms with Crippen LogP contribution in [0, 0.1) is 48.4 Å². The van der Waals surface area contributed by atoms with Crippen molar-refractivity contribution in [3.8, 4) is 112 Å². The summed E-state index contributed by atoms with van der Waals surface area (Å²) in [5, 5.41) is 0. The van der Waals surface area contributed by atoms with E-state index < -0.39 is 13.2 Å². The minimum atomic E-state index is -2.09. The summed E-state index contributed by atoms with van der Waals surface area (Å²) < 4.78 is 49.2. The summed E-state index contributed by atoms with van der Waals surface area (Å²) in [5.41, 5.74) is 35.5. The fourth-order valence-electron chi connectivity index (χ4n) is 13.7. The van der Waals surface area contributed by atoms with Crippen molar-refractivity contribution in [3.05, 3.63) is 390 Å².